The Kier molecular flexibility index (Phi) is 5.62. The fourth-order valence-corrected chi connectivity index (χ4v) is 4.29. The minimum atomic E-state index is -0.878. The number of nitrogens with one attached hydrogen (secondary N) is 1. The molecule has 1 aliphatic rings. The van der Waals surface area contributed by atoms with Crippen molar-refractivity contribution in [3.8, 4) is 0 Å². The van der Waals surface area contributed by atoms with E-state index in [9.17, 15) is 9.90 Å². The summed E-state index contributed by atoms with van der Waals surface area (Å²) in [5.41, 5.74) is 1.18. The summed E-state index contributed by atoms with van der Waals surface area (Å²) in [5.74, 6) is 0. The standard InChI is InChI=1S/C22H24Cl2N2O4/c1-22(2,3)30-21(28)25-16-10-29-11-19(20(16)27)26-17-6-4-12(23)8-14(17)15-9-13(24)5-7-18(15)26/h4-9,16,19-20,27H,10-11H2,1-3H3,(H,25,28)/t16-,19+,20+/m1/s1. The average molecular weight is 451 g/mol. The van der Waals surface area contributed by atoms with E-state index in [0.717, 1.165) is 21.8 Å². The van der Waals surface area contributed by atoms with Crippen LogP contribution in [-0.4, -0.2) is 46.7 Å². The van der Waals surface area contributed by atoms with E-state index < -0.39 is 29.9 Å². The van der Waals surface area contributed by atoms with Gasteiger partial charge in [-0.05, 0) is 57.2 Å². The summed E-state index contributed by atoms with van der Waals surface area (Å²) in [7, 11) is 0. The molecule has 3 aromatic rings. The van der Waals surface area contributed by atoms with Gasteiger partial charge in [-0.2, -0.15) is 0 Å². The van der Waals surface area contributed by atoms with Crippen molar-refractivity contribution >= 4 is 51.1 Å². The van der Waals surface area contributed by atoms with Gasteiger partial charge in [-0.15, -0.1) is 0 Å². The van der Waals surface area contributed by atoms with Crippen LogP contribution in [0.3, 0.4) is 0 Å². The lowest BCUT2D eigenvalue weighted by Gasteiger charge is -2.37. The fraction of sp³-hybridized carbons (Fsp3) is 0.409. The number of hydrogen-bond acceptors (Lipinski definition) is 4. The van der Waals surface area contributed by atoms with E-state index in [1.54, 1.807) is 20.8 Å². The van der Waals surface area contributed by atoms with Gasteiger partial charge >= 0.3 is 6.09 Å². The zero-order chi connectivity index (χ0) is 21.6. The molecule has 0 saturated carbocycles. The van der Waals surface area contributed by atoms with Gasteiger partial charge in [0.2, 0.25) is 0 Å². The van der Waals surface area contributed by atoms with Gasteiger partial charge in [0.05, 0.1) is 31.4 Å². The van der Waals surface area contributed by atoms with Crippen molar-refractivity contribution in [2.75, 3.05) is 13.2 Å². The van der Waals surface area contributed by atoms with E-state index in [-0.39, 0.29) is 6.61 Å². The Hall–Kier alpha value is -1.99. The van der Waals surface area contributed by atoms with Gasteiger partial charge in [0.25, 0.3) is 0 Å². The molecule has 1 saturated heterocycles. The Morgan fingerprint density at radius 3 is 2.20 bits per heavy atom. The first-order valence-corrected chi connectivity index (χ1v) is 10.5. The Morgan fingerprint density at radius 2 is 1.67 bits per heavy atom. The van der Waals surface area contributed by atoms with Gasteiger partial charge in [-0.3, -0.25) is 0 Å². The molecule has 3 atom stereocenters. The maximum absolute atomic E-state index is 12.2. The largest absolute Gasteiger partial charge is 0.444 e. The van der Waals surface area contributed by atoms with E-state index in [1.165, 1.54) is 0 Å². The normalized spacial score (nSPS) is 22.4. The number of carbonyl (C=O) groups excluding carboxylic acids is 1. The number of rotatable bonds is 2. The molecule has 160 valence electrons. The Balaban J connectivity index is 1.73. The number of amides is 1. The monoisotopic (exact) mass is 450 g/mol. The molecule has 1 fully saturated rings. The zero-order valence-corrected chi connectivity index (χ0v) is 18.5. The number of carbonyl (C=O) groups is 1. The maximum atomic E-state index is 12.2. The first kappa shape index (κ1) is 21.2. The number of aromatic nitrogens is 1. The van der Waals surface area contributed by atoms with Gasteiger partial charge in [0.15, 0.2) is 0 Å². The van der Waals surface area contributed by atoms with Crippen LogP contribution in [0.5, 0.6) is 0 Å². The molecule has 0 unspecified atom stereocenters. The minimum absolute atomic E-state index is 0.200. The van der Waals surface area contributed by atoms with Crippen LogP contribution in [-0.2, 0) is 9.47 Å². The van der Waals surface area contributed by atoms with Crippen LogP contribution in [0.4, 0.5) is 4.79 Å². The van der Waals surface area contributed by atoms with Crippen molar-refractivity contribution in [1.82, 2.24) is 9.88 Å². The lowest BCUT2D eigenvalue weighted by molar-refractivity contribution is -0.0541. The molecule has 30 heavy (non-hydrogen) atoms. The molecule has 2 aromatic carbocycles. The van der Waals surface area contributed by atoms with Crippen molar-refractivity contribution in [2.45, 2.75) is 44.6 Å². The number of nitrogens with zero attached hydrogens (tertiary/aromatic N) is 1. The number of hydrogen-bond donors (Lipinski definition) is 2. The number of aliphatic hydroxyl groups is 1. The molecule has 0 radical (unpaired) electrons. The molecule has 0 bridgehead atoms. The highest BCUT2D eigenvalue weighted by Gasteiger charge is 2.37. The van der Waals surface area contributed by atoms with E-state index in [1.807, 2.05) is 41.0 Å². The van der Waals surface area contributed by atoms with Crippen LogP contribution in [0.25, 0.3) is 21.8 Å². The smallest absolute Gasteiger partial charge is 0.408 e. The summed E-state index contributed by atoms with van der Waals surface area (Å²) in [5, 5.41) is 17.0. The van der Waals surface area contributed by atoms with Gasteiger partial charge in [-0.1, -0.05) is 23.2 Å². The summed E-state index contributed by atoms with van der Waals surface area (Å²) in [6.45, 7) is 5.87. The predicted octanol–water partition coefficient (Wildman–Crippen LogP) is 4.93. The molecular weight excluding hydrogens is 427 g/mol. The summed E-state index contributed by atoms with van der Waals surface area (Å²) < 4.78 is 13.1. The first-order valence-electron chi connectivity index (χ1n) is 9.78. The van der Waals surface area contributed by atoms with Crippen molar-refractivity contribution in [2.24, 2.45) is 0 Å². The molecule has 0 aliphatic carbocycles. The van der Waals surface area contributed by atoms with Crippen molar-refractivity contribution < 1.29 is 19.4 Å². The zero-order valence-electron chi connectivity index (χ0n) is 17.0. The number of benzene rings is 2. The molecule has 2 heterocycles. The van der Waals surface area contributed by atoms with E-state index in [2.05, 4.69) is 5.32 Å². The van der Waals surface area contributed by atoms with Crippen LogP contribution < -0.4 is 5.32 Å². The highest BCUT2D eigenvalue weighted by molar-refractivity contribution is 6.33. The van der Waals surface area contributed by atoms with E-state index >= 15 is 0 Å². The molecule has 1 aliphatic heterocycles. The quantitative estimate of drug-likeness (QED) is 0.580. The number of fused-ring (bicyclic) bond motifs is 3. The molecule has 2 N–H and O–H groups in total. The number of halogens is 2. The summed E-state index contributed by atoms with van der Waals surface area (Å²) in [6, 6.07) is 10.2. The molecule has 1 aromatic heterocycles. The third-order valence-electron chi connectivity index (χ3n) is 5.15. The van der Waals surface area contributed by atoms with E-state index in [0.29, 0.717) is 16.7 Å². The lowest BCUT2D eigenvalue weighted by Crippen LogP contribution is -2.54. The van der Waals surface area contributed by atoms with Crippen LogP contribution in [0.1, 0.15) is 26.8 Å². The highest BCUT2D eigenvalue weighted by atomic mass is 35.5. The highest BCUT2D eigenvalue weighted by Crippen LogP contribution is 2.37. The molecule has 0 spiro atoms. The number of alkyl carbamates (subject to hydrolysis) is 1. The minimum Gasteiger partial charge on any atom is -0.444 e. The number of ether oxygens (including phenoxy) is 2. The average Bonchev–Trinajstić information content (AvgIpc) is 2.95. The van der Waals surface area contributed by atoms with Crippen LogP contribution in [0.2, 0.25) is 10.0 Å². The first-order chi connectivity index (χ1) is 14.1. The summed E-state index contributed by atoms with van der Waals surface area (Å²) in [6.07, 6.45) is -1.46. The Morgan fingerprint density at radius 1 is 1.10 bits per heavy atom. The van der Waals surface area contributed by atoms with Gasteiger partial charge in [0, 0.05) is 31.9 Å². The number of aliphatic hydroxyl groups excluding tert-OH is 1. The van der Waals surface area contributed by atoms with Gasteiger partial charge in [0.1, 0.15) is 5.60 Å². The third kappa shape index (κ3) is 4.10. The van der Waals surface area contributed by atoms with Crippen molar-refractivity contribution in [3.05, 3.63) is 46.4 Å². The van der Waals surface area contributed by atoms with Crippen molar-refractivity contribution in [3.63, 3.8) is 0 Å². The Bertz CT molecular complexity index is 1050. The van der Waals surface area contributed by atoms with E-state index in [4.69, 9.17) is 32.7 Å². The predicted molar refractivity (Wildman–Crippen MR) is 118 cm³/mol. The fourth-order valence-electron chi connectivity index (χ4n) is 3.95. The van der Waals surface area contributed by atoms with Crippen LogP contribution in [0.15, 0.2) is 36.4 Å². The van der Waals surface area contributed by atoms with Gasteiger partial charge in [-0.25, -0.2) is 4.79 Å². The van der Waals surface area contributed by atoms with Gasteiger partial charge < -0.3 is 24.5 Å². The van der Waals surface area contributed by atoms with Crippen LogP contribution >= 0.6 is 23.2 Å². The Labute approximate surface area is 184 Å². The summed E-state index contributed by atoms with van der Waals surface area (Å²) in [4.78, 5) is 12.2. The summed E-state index contributed by atoms with van der Waals surface area (Å²) >= 11 is 12.5. The topological polar surface area (TPSA) is 72.7 Å². The maximum Gasteiger partial charge on any atom is 0.408 e. The van der Waals surface area contributed by atoms with Crippen LogP contribution in [0, 0.1) is 0 Å². The SMILES string of the molecule is CC(C)(C)OC(=O)N[C@@H]1COC[C@H](n2c3ccc(Cl)cc3c3cc(Cl)ccc32)[C@H]1O. The molecule has 6 nitrogen and oxygen atoms in total. The lowest BCUT2D eigenvalue weighted by atomic mass is 10.0. The molecule has 8 heteroatoms. The van der Waals surface area contributed by atoms with Crippen molar-refractivity contribution in [1.29, 1.82) is 0 Å². The second-order valence-corrected chi connectivity index (χ2v) is 9.41. The second kappa shape index (κ2) is 7.93. The molecular formula is C22H24Cl2N2O4. The molecule has 4 rings (SSSR count). The second-order valence-electron chi connectivity index (χ2n) is 8.54. The third-order valence-corrected chi connectivity index (χ3v) is 5.62. The molecule has 1 amide bonds.